The Bertz CT molecular complexity index is 1200. The van der Waals surface area contributed by atoms with E-state index in [1.807, 2.05) is 43.3 Å². The molecular weight excluding hydrogens is 358 g/mol. The standard InChI is InChI=1S/C25H23N3O/c1-16-26-23(19-13-12-18-8-5-11-24(29)21(18)14-19)15-25(27-16)28-22-10-4-7-17-6-2-3-9-20(17)22/h2-3,5-6,8-9,11-15,22,29H,4,7,10H2,1H3,(H,26,27,28)/t22-/m1/s1. The van der Waals surface area contributed by atoms with E-state index in [2.05, 4.69) is 39.6 Å². The van der Waals surface area contributed by atoms with Gasteiger partial charge >= 0.3 is 0 Å². The third-order valence-electron chi connectivity index (χ3n) is 5.68. The van der Waals surface area contributed by atoms with Crippen molar-refractivity contribution in [1.29, 1.82) is 0 Å². The van der Waals surface area contributed by atoms with Crippen LogP contribution in [0.5, 0.6) is 5.75 Å². The highest BCUT2D eigenvalue weighted by Crippen LogP contribution is 2.33. The zero-order chi connectivity index (χ0) is 19.8. The normalized spacial score (nSPS) is 15.8. The first-order valence-electron chi connectivity index (χ1n) is 10.1. The molecule has 4 aromatic rings. The summed E-state index contributed by atoms with van der Waals surface area (Å²) in [5.41, 5.74) is 4.62. The maximum atomic E-state index is 10.2. The van der Waals surface area contributed by atoms with Gasteiger partial charge in [-0.05, 0) is 54.8 Å². The molecule has 1 atom stereocenters. The van der Waals surface area contributed by atoms with Gasteiger partial charge in [0.25, 0.3) is 0 Å². The molecule has 1 aromatic heterocycles. The van der Waals surface area contributed by atoms with Gasteiger partial charge in [0, 0.05) is 17.0 Å². The van der Waals surface area contributed by atoms with E-state index in [1.165, 1.54) is 17.5 Å². The van der Waals surface area contributed by atoms with Gasteiger partial charge in [-0.15, -0.1) is 0 Å². The maximum absolute atomic E-state index is 10.2. The monoisotopic (exact) mass is 381 g/mol. The molecule has 1 aliphatic carbocycles. The van der Waals surface area contributed by atoms with Crippen LogP contribution in [0.25, 0.3) is 22.0 Å². The number of nitrogens with zero attached hydrogens (tertiary/aromatic N) is 2. The first-order valence-corrected chi connectivity index (χ1v) is 10.1. The van der Waals surface area contributed by atoms with Crippen LogP contribution in [0.3, 0.4) is 0 Å². The number of phenolic OH excluding ortho intramolecular Hbond substituents is 1. The smallest absolute Gasteiger partial charge is 0.130 e. The van der Waals surface area contributed by atoms with Gasteiger partial charge < -0.3 is 10.4 Å². The average Bonchev–Trinajstić information content (AvgIpc) is 2.74. The lowest BCUT2D eigenvalue weighted by Crippen LogP contribution is -2.18. The van der Waals surface area contributed by atoms with Gasteiger partial charge in [-0.3, -0.25) is 0 Å². The van der Waals surface area contributed by atoms with Crippen LogP contribution in [0.2, 0.25) is 0 Å². The molecule has 0 aliphatic heterocycles. The molecule has 0 fully saturated rings. The van der Waals surface area contributed by atoms with Crippen molar-refractivity contribution in [3.63, 3.8) is 0 Å². The van der Waals surface area contributed by atoms with Gasteiger partial charge in [-0.2, -0.15) is 0 Å². The Balaban J connectivity index is 1.51. The molecule has 144 valence electrons. The SMILES string of the molecule is Cc1nc(N[C@@H]2CCCc3ccccc32)cc(-c2ccc3cccc(O)c3c2)n1. The number of aromatic hydroxyl groups is 1. The topological polar surface area (TPSA) is 58.0 Å². The highest BCUT2D eigenvalue weighted by molar-refractivity contribution is 5.91. The fraction of sp³-hybridized carbons (Fsp3) is 0.200. The Morgan fingerprint density at radius 2 is 1.86 bits per heavy atom. The van der Waals surface area contributed by atoms with Crippen molar-refractivity contribution in [3.8, 4) is 17.0 Å². The quantitative estimate of drug-likeness (QED) is 0.471. The first kappa shape index (κ1) is 17.7. The molecule has 5 rings (SSSR count). The first-order chi connectivity index (χ1) is 14.2. The summed E-state index contributed by atoms with van der Waals surface area (Å²) >= 11 is 0. The number of benzene rings is 3. The molecule has 29 heavy (non-hydrogen) atoms. The fourth-order valence-corrected chi connectivity index (χ4v) is 4.29. The van der Waals surface area contributed by atoms with Gasteiger partial charge in [-0.25, -0.2) is 9.97 Å². The van der Waals surface area contributed by atoms with Crippen LogP contribution in [-0.2, 0) is 6.42 Å². The number of phenols is 1. The minimum atomic E-state index is 0.266. The molecule has 2 N–H and O–H groups in total. The summed E-state index contributed by atoms with van der Waals surface area (Å²) in [6, 6.07) is 22.6. The molecule has 0 spiro atoms. The lowest BCUT2D eigenvalue weighted by atomic mass is 9.88. The minimum absolute atomic E-state index is 0.266. The summed E-state index contributed by atoms with van der Waals surface area (Å²) in [4.78, 5) is 9.28. The van der Waals surface area contributed by atoms with E-state index in [-0.39, 0.29) is 11.8 Å². The van der Waals surface area contributed by atoms with Gasteiger partial charge in [0.2, 0.25) is 0 Å². The van der Waals surface area contributed by atoms with Crippen LogP contribution in [-0.4, -0.2) is 15.1 Å². The van der Waals surface area contributed by atoms with Crippen LogP contribution in [0.4, 0.5) is 5.82 Å². The predicted octanol–water partition coefficient (Wildman–Crippen LogP) is 5.80. The van der Waals surface area contributed by atoms with E-state index < -0.39 is 0 Å². The fourth-order valence-electron chi connectivity index (χ4n) is 4.29. The minimum Gasteiger partial charge on any atom is -0.507 e. The molecule has 4 nitrogen and oxygen atoms in total. The van der Waals surface area contributed by atoms with E-state index >= 15 is 0 Å². The number of aryl methyl sites for hydroxylation is 2. The van der Waals surface area contributed by atoms with E-state index in [0.717, 1.165) is 46.5 Å². The number of anilines is 1. The average molecular weight is 381 g/mol. The molecule has 0 bridgehead atoms. The molecule has 4 heteroatoms. The zero-order valence-corrected chi connectivity index (χ0v) is 16.4. The molecule has 1 aliphatic rings. The maximum Gasteiger partial charge on any atom is 0.130 e. The number of hydrogen-bond donors (Lipinski definition) is 2. The summed E-state index contributed by atoms with van der Waals surface area (Å²) in [6.45, 7) is 1.92. The summed E-state index contributed by atoms with van der Waals surface area (Å²) in [6.07, 6.45) is 3.41. The lowest BCUT2D eigenvalue weighted by molar-refractivity contribution is 0.481. The summed E-state index contributed by atoms with van der Waals surface area (Å²) in [7, 11) is 0. The van der Waals surface area contributed by atoms with Crippen molar-refractivity contribution < 1.29 is 5.11 Å². The number of aromatic nitrogens is 2. The van der Waals surface area contributed by atoms with E-state index in [1.54, 1.807) is 6.07 Å². The molecule has 0 radical (unpaired) electrons. The van der Waals surface area contributed by atoms with Crippen molar-refractivity contribution >= 4 is 16.6 Å². The molecule has 0 saturated heterocycles. The highest BCUT2D eigenvalue weighted by Gasteiger charge is 2.20. The highest BCUT2D eigenvalue weighted by atomic mass is 16.3. The second kappa shape index (κ2) is 7.21. The van der Waals surface area contributed by atoms with Gasteiger partial charge in [0.05, 0.1) is 11.7 Å². The second-order valence-electron chi connectivity index (χ2n) is 7.69. The largest absolute Gasteiger partial charge is 0.507 e. The van der Waals surface area contributed by atoms with Crippen LogP contribution < -0.4 is 5.32 Å². The number of nitrogens with one attached hydrogen (secondary N) is 1. The third-order valence-corrected chi connectivity index (χ3v) is 5.68. The van der Waals surface area contributed by atoms with E-state index in [9.17, 15) is 5.11 Å². The number of fused-ring (bicyclic) bond motifs is 2. The molecule has 3 aromatic carbocycles. The van der Waals surface area contributed by atoms with E-state index in [4.69, 9.17) is 0 Å². The molecule has 1 heterocycles. The van der Waals surface area contributed by atoms with Crippen molar-refractivity contribution in [3.05, 3.63) is 83.7 Å². The van der Waals surface area contributed by atoms with Crippen molar-refractivity contribution in [2.24, 2.45) is 0 Å². The summed E-state index contributed by atoms with van der Waals surface area (Å²) in [5, 5.41) is 15.7. The van der Waals surface area contributed by atoms with Gasteiger partial charge in [-0.1, -0.05) is 48.5 Å². The zero-order valence-electron chi connectivity index (χ0n) is 16.4. The lowest BCUT2D eigenvalue weighted by Gasteiger charge is -2.27. The van der Waals surface area contributed by atoms with Crippen LogP contribution in [0.1, 0.15) is 35.8 Å². The molecule has 0 saturated carbocycles. The third kappa shape index (κ3) is 3.42. The van der Waals surface area contributed by atoms with Crippen LogP contribution in [0.15, 0.2) is 66.7 Å². The Labute approximate surface area is 170 Å². The van der Waals surface area contributed by atoms with Gasteiger partial charge in [0.1, 0.15) is 17.4 Å². The van der Waals surface area contributed by atoms with Crippen LogP contribution >= 0.6 is 0 Å². The second-order valence-corrected chi connectivity index (χ2v) is 7.69. The summed E-state index contributed by atoms with van der Waals surface area (Å²) in [5.74, 6) is 1.85. The van der Waals surface area contributed by atoms with E-state index in [0.29, 0.717) is 0 Å². The molecule has 0 unspecified atom stereocenters. The number of rotatable bonds is 3. The number of hydrogen-bond acceptors (Lipinski definition) is 4. The van der Waals surface area contributed by atoms with Crippen LogP contribution in [0, 0.1) is 6.92 Å². The predicted molar refractivity (Wildman–Crippen MR) is 117 cm³/mol. The van der Waals surface area contributed by atoms with Crippen molar-refractivity contribution in [2.75, 3.05) is 5.32 Å². The molecule has 0 amide bonds. The van der Waals surface area contributed by atoms with Crippen molar-refractivity contribution in [2.45, 2.75) is 32.2 Å². The van der Waals surface area contributed by atoms with Gasteiger partial charge in [0.15, 0.2) is 0 Å². The van der Waals surface area contributed by atoms with Crippen molar-refractivity contribution in [1.82, 2.24) is 9.97 Å². The Morgan fingerprint density at radius 1 is 0.966 bits per heavy atom. The Kier molecular flexibility index (Phi) is 4.39. The Hall–Kier alpha value is -3.40. The molecular formula is C25H23N3O. The summed E-state index contributed by atoms with van der Waals surface area (Å²) < 4.78 is 0. The Morgan fingerprint density at radius 3 is 2.79 bits per heavy atom.